The van der Waals surface area contributed by atoms with Crippen LogP contribution in [0.15, 0.2) is 48.8 Å². The van der Waals surface area contributed by atoms with Crippen molar-refractivity contribution < 1.29 is 18.0 Å². The van der Waals surface area contributed by atoms with E-state index < -0.39 is 22.7 Å². The molecule has 0 aliphatic rings. The molecule has 1 heterocycles. The molecule has 3 aromatic rings. The molecule has 0 atom stereocenters. The van der Waals surface area contributed by atoms with Gasteiger partial charge in [-0.25, -0.2) is 9.97 Å². The quantitative estimate of drug-likeness (QED) is 0.713. The molecule has 1 amide bonds. The summed E-state index contributed by atoms with van der Waals surface area (Å²) in [5.74, 6) is 0.0541. The highest BCUT2D eigenvalue weighted by Gasteiger charge is 2.33. The Balaban J connectivity index is 1.76. The maximum absolute atomic E-state index is 12.9. The van der Waals surface area contributed by atoms with Crippen LogP contribution >= 0.6 is 11.6 Å². The molecule has 0 radical (unpaired) electrons. The van der Waals surface area contributed by atoms with Crippen LogP contribution < -0.4 is 10.2 Å². The zero-order chi connectivity index (χ0) is 19.6. The van der Waals surface area contributed by atoms with Gasteiger partial charge in [0.1, 0.15) is 12.1 Å². The van der Waals surface area contributed by atoms with Gasteiger partial charge in [0, 0.05) is 18.1 Å². The van der Waals surface area contributed by atoms with Crippen LogP contribution in [-0.2, 0) is 11.0 Å². The van der Waals surface area contributed by atoms with Gasteiger partial charge in [0.25, 0.3) is 0 Å². The summed E-state index contributed by atoms with van der Waals surface area (Å²) in [5.41, 5.74) is -0.267. The van der Waals surface area contributed by atoms with Gasteiger partial charge >= 0.3 is 6.18 Å². The van der Waals surface area contributed by atoms with E-state index >= 15 is 0 Å². The fraction of sp³-hybridized carbons (Fsp3) is 0.167. The van der Waals surface area contributed by atoms with Gasteiger partial charge < -0.3 is 10.2 Å². The number of likely N-dealkylation sites (N-methyl/N-ethyl adjacent to an activating group) is 1. The molecule has 1 aromatic heterocycles. The van der Waals surface area contributed by atoms with E-state index in [0.717, 1.165) is 23.0 Å². The number of amides is 1. The molecule has 0 saturated carbocycles. The number of anilines is 2. The molecule has 0 aliphatic heterocycles. The van der Waals surface area contributed by atoms with Crippen molar-refractivity contribution in [1.29, 1.82) is 0 Å². The normalized spacial score (nSPS) is 11.4. The van der Waals surface area contributed by atoms with Crippen molar-refractivity contribution in [2.75, 3.05) is 23.8 Å². The van der Waals surface area contributed by atoms with E-state index in [1.807, 2.05) is 24.3 Å². The molecular formula is C18H14ClF3N4O. The van der Waals surface area contributed by atoms with Crippen molar-refractivity contribution in [3.63, 3.8) is 0 Å². The summed E-state index contributed by atoms with van der Waals surface area (Å²) < 4.78 is 38.8. The molecule has 0 bridgehead atoms. The Morgan fingerprint density at radius 2 is 1.93 bits per heavy atom. The van der Waals surface area contributed by atoms with Gasteiger partial charge in [-0.15, -0.1) is 0 Å². The van der Waals surface area contributed by atoms with Gasteiger partial charge in [-0.3, -0.25) is 4.79 Å². The smallest absolute Gasteiger partial charge is 0.350 e. The van der Waals surface area contributed by atoms with Gasteiger partial charge in [-0.2, -0.15) is 13.2 Å². The molecule has 1 N–H and O–H groups in total. The lowest BCUT2D eigenvalue weighted by atomic mass is 10.2. The number of benzene rings is 2. The molecule has 0 saturated heterocycles. The van der Waals surface area contributed by atoms with Crippen LogP contribution in [-0.4, -0.2) is 29.5 Å². The monoisotopic (exact) mass is 394 g/mol. The van der Waals surface area contributed by atoms with Crippen molar-refractivity contribution in [2.45, 2.75) is 6.18 Å². The number of nitrogens with one attached hydrogen (secondary N) is 1. The number of nitrogens with zero attached hydrogens (tertiary/aromatic N) is 3. The van der Waals surface area contributed by atoms with Crippen LogP contribution in [0.5, 0.6) is 0 Å². The summed E-state index contributed by atoms with van der Waals surface area (Å²) in [6, 6.07) is 10.5. The molecule has 2 aromatic carbocycles. The van der Waals surface area contributed by atoms with Gasteiger partial charge in [0.2, 0.25) is 5.91 Å². The first-order valence-corrected chi connectivity index (χ1v) is 8.21. The number of carbonyl (C=O) groups is 1. The van der Waals surface area contributed by atoms with E-state index in [2.05, 4.69) is 15.3 Å². The number of para-hydroxylation sites is 1. The number of hydrogen-bond acceptors (Lipinski definition) is 4. The topological polar surface area (TPSA) is 58.1 Å². The third-order valence-corrected chi connectivity index (χ3v) is 4.15. The Morgan fingerprint density at radius 3 is 2.67 bits per heavy atom. The summed E-state index contributed by atoms with van der Waals surface area (Å²) in [6.45, 7) is -0.106. The molecule has 27 heavy (non-hydrogen) atoms. The Kier molecular flexibility index (Phi) is 5.18. The molecular weight excluding hydrogens is 381 g/mol. The van der Waals surface area contributed by atoms with Gasteiger partial charge in [0.05, 0.1) is 22.6 Å². The molecule has 0 aliphatic carbocycles. The van der Waals surface area contributed by atoms with Crippen LogP contribution in [0.2, 0.25) is 5.02 Å². The van der Waals surface area contributed by atoms with Crippen molar-refractivity contribution in [2.24, 2.45) is 0 Å². The van der Waals surface area contributed by atoms with Crippen molar-refractivity contribution in [3.8, 4) is 0 Å². The average Bonchev–Trinajstić information content (AvgIpc) is 2.61. The molecule has 3 rings (SSSR count). The fourth-order valence-corrected chi connectivity index (χ4v) is 2.83. The Labute approximate surface area is 157 Å². The highest BCUT2D eigenvalue weighted by Crippen LogP contribution is 2.36. The van der Waals surface area contributed by atoms with Gasteiger partial charge in [-0.05, 0) is 30.3 Å². The highest BCUT2D eigenvalue weighted by atomic mass is 35.5. The molecule has 0 unspecified atom stereocenters. The largest absolute Gasteiger partial charge is 0.417 e. The second kappa shape index (κ2) is 7.40. The summed E-state index contributed by atoms with van der Waals surface area (Å²) in [5, 5.41) is 2.79. The minimum atomic E-state index is -4.60. The van der Waals surface area contributed by atoms with Crippen LogP contribution in [0.25, 0.3) is 10.9 Å². The molecule has 0 fully saturated rings. The number of fused-ring (bicyclic) bond motifs is 1. The van der Waals surface area contributed by atoms with E-state index in [-0.39, 0.29) is 12.2 Å². The zero-order valence-corrected chi connectivity index (χ0v) is 14.8. The third kappa shape index (κ3) is 4.28. The number of halogens is 4. The first kappa shape index (κ1) is 18.9. The standard InChI is InChI=1S/C18H14ClF3N4O/c1-26(17-12-4-2-3-5-15(12)23-10-24-17)9-16(27)25-11-6-7-14(19)13(8-11)18(20,21)22/h2-8,10H,9H2,1H3,(H,25,27). The zero-order valence-electron chi connectivity index (χ0n) is 14.1. The predicted molar refractivity (Wildman–Crippen MR) is 97.9 cm³/mol. The van der Waals surface area contributed by atoms with Crippen molar-refractivity contribution in [3.05, 3.63) is 59.4 Å². The van der Waals surface area contributed by atoms with Gasteiger partial charge in [0.15, 0.2) is 0 Å². The van der Waals surface area contributed by atoms with Crippen LogP contribution in [0, 0.1) is 0 Å². The minimum absolute atomic E-state index is 0.0117. The predicted octanol–water partition coefficient (Wildman–Crippen LogP) is 4.38. The van der Waals surface area contributed by atoms with E-state index in [1.54, 1.807) is 11.9 Å². The maximum atomic E-state index is 12.9. The Bertz CT molecular complexity index is 988. The number of rotatable bonds is 4. The van der Waals surface area contributed by atoms with Gasteiger partial charge in [-0.1, -0.05) is 23.7 Å². The second-order valence-electron chi connectivity index (χ2n) is 5.81. The lowest BCUT2D eigenvalue weighted by Crippen LogP contribution is -2.30. The summed E-state index contributed by atoms with van der Waals surface area (Å²) in [4.78, 5) is 22.2. The SMILES string of the molecule is CN(CC(=O)Nc1ccc(Cl)c(C(F)(F)F)c1)c1ncnc2ccccc12. The number of alkyl halides is 3. The molecule has 5 nitrogen and oxygen atoms in total. The number of carbonyl (C=O) groups excluding carboxylic acids is 1. The van der Waals surface area contributed by atoms with Crippen molar-refractivity contribution >= 4 is 39.9 Å². The van der Waals surface area contributed by atoms with Crippen LogP contribution in [0.3, 0.4) is 0 Å². The van der Waals surface area contributed by atoms with E-state index in [9.17, 15) is 18.0 Å². The van der Waals surface area contributed by atoms with E-state index in [1.165, 1.54) is 12.4 Å². The highest BCUT2D eigenvalue weighted by molar-refractivity contribution is 6.31. The van der Waals surface area contributed by atoms with Crippen LogP contribution in [0.1, 0.15) is 5.56 Å². The first-order chi connectivity index (χ1) is 12.8. The van der Waals surface area contributed by atoms with Crippen LogP contribution in [0.4, 0.5) is 24.7 Å². The molecule has 9 heteroatoms. The summed E-state index contributed by atoms with van der Waals surface area (Å²) in [6.07, 6.45) is -3.21. The van der Waals surface area contributed by atoms with Crippen molar-refractivity contribution in [1.82, 2.24) is 9.97 Å². The fourth-order valence-electron chi connectivity index (χ4n) is 2.61. The lowest BCUT2D eigenvalue weighted by molar-refractivity contribution is -0.137. The Hall–Kier alpha value is -2.87. The number of hydrogen-bond donors (Lipinski definition) is 1. The third-order valence-electron chi connectivity index (χ3n) is 3.82. The maximum Gasteiger partial charge on any atom is 0.417 e. The second-order valence-corrected chi connectivity index (χ2v) is 6.22. The first-order valence-electron chi connectivity index (χ1n) is 7.83. The van der Waals surface area contributed by atoms with E-state index in [0.29, 0.717) is 5.82 Å². The summed E-state index contributed by atoms with van der Waals surface area (Å²) >= 11 is 5.58. The summed E-state index contributed by atoms with van der Waals surface area (Å²) in [7, 11) is 1.66. The minimum Gasteiger partial charge on any atom is -0.350 e. The molecule has 0 spiro atoms. The van der Waals surface area contributed by atoms with E-state index in [4.69, 9.17) is 11.6 Å². The number of aromatic nitrogens is 2. The molecule has 140 valence electrons. The Morgan fingerprint density at radius 1 is 1.19 bits per heavy atom. The lowest BCUT2D eigenvalue weighted by Gasteiger charge is -2.19. The average molecular weight is 395 g/mol.